The van der Waals surface area contributed by atoms with Crippen LogP contribution in [0.15, 0.2) is 18.2 Å². The first-order valence-electron chi connectivity index (χ1n) is 9.43. The summed E-state index contributed by atoms with van der Waals surface area (Å²) in [5.74, 6) is 1.28. The van der Waals surface area contributed by atoms with E-state index < -0.39 is 0 Å². The van der Waals surface area contributed by atoms with E-state index in [-0.39, 0.29) is 5.91 Å². The first kappa shape index (κ1) is 17.2. The van der Waals surface area contributed by atoms with Crippen LogP contribution < -0.4 is 19.9 Å². The van der Waals surface area contributed by atoms with Gasteiger partial charge < -0.3 is 19.9 Å². The summed E-state index contributed by atoms with van der Waals surface area (Å²) >= 11 is 0. The third kappa shape index (κ3) is 4.71. The minimum atomic E-state index is 0.209. The molecule has 0 bridgehead atoms. The Bertz CT molecular complexity index is 554. The largest absolute Gasteiger partial charge is 0.493 e. The van der Waals surface area contributed by atoms with E-state index >= 15 is 0 Å². The second-order valence-electron chi connectivity index (χ2n) is 7.10. The fourth-order valence-electron chi connectivity index (χ4n) is 3.64. The van der Waals surface area contributed by atoms with Gasteiger partial charge in [-0.25, -0.2) is 0 Å². The number of fused-ring (bicyclic) bond motifs is 1. The van der Waals surface area contributed by atoms with Gasteiger partial charge in [0, 0.05) is 18.5 Å². The van der Waals surface area contributed by atoms with Crippen LogP contribution in [0.2, 0.25) is 0 Å². The van der Waals surface area contributed by atoms with Crippen molar-refractivity contribution in [2.45, 2.75) is 32.7 Å². The molecule has 3 N–H and O–H groups in total. The number of rotatable bonds is 7. The Labute approximate surface area is 145 Å². The smallest absolute Gasteiger partial charge is 0.275 e. The Morgan fingerprint density at radius 3 is 2.79 bits per heavy atom. The lowest BCUT2D eigenvalue weighted by molar-refractivity contribution is -1.02. The van der Waals surface area contributed by atoms with Crippen molar-refractivity contribution < 1.29 is 19.3 Å². The molecular weight excluding hydrogens is 302 g/mol. The highest BCUT2D eigenvalue weighted by atomic mass is 16.5. The molecule has 1 fully saturated rings. The van der Waals surface area contributed by atoms with Gasteiger partial charge in [-0.2, -0.15) is 0 Å². The summed E-state index contributed by atoms with van der Waals surface area (Å²) in [6, 6.07) is 6.65. The zero-order valence-electron chi connectivity index (χ0n) is 14.8. The van der Waals surface area contributed by atoms with E-state index in [0.29, 0.717) is 6.54 Å². The summed E-state index contributed by atoms with van der Waals surface area (Å²) in [6.07, 6.45) is 3.25. The predicted molar refractivity (Wildman–Crippen MR) is 93.5 cm³/mol. The van der Waals surface area contributed by atoms with Gasteiger partial charge in [0.2, 0.25) is 0 Å². The van der Waals surface area contributed by atoms with E-state index in [9.17, 15) is 4.79 Å². The molecule has 3 rings (SSSR count). The van der Waals surface area contributed by atoms with Gasteiger partial charge in [-0.15, -0.1) is 0 Å². The van der Waals surface area contributed by atoms with Gasteiger partial charge in [-0.1, -0.05) is 13.3 Å². The average Bonchev–Trinajstić information content (AvgIpc) is 3.05. The minimum Gasteiger partial charge on any atom is -0.493 e. The Morgan fingerprint density at radius 1 is 1.21 bits per heavy atom. The molecule has 5 heteroatoms. The molecule has 0 atom stereocenters. The first-order chi connectivity index (χ1) is 11.7. The fourth-order valence-corrected chi connectivity index (χ4v) is 3.64. The van der Waals surface area contributed by atoms with Crippen molar-refractivity contribution in [3.63, 3.8) is 0 Å². The maximum Gasteiger partial charge on any atom is 0.275 e. The molecule has 2 heterocycles. The maximum absolute atomic E-state index is 11.9. The van der Waals surface area contributed by atoms with Crippen LogP contribution in [0.1, 0.15) is 30.9 Å². The lowest BCUT2D eigenvalue weighted by Gasteiger charge is -2.29. The van der Waals surface area contributed by atoms with E-state index in [1.807, 2.05) is 0 Å². The van der Waals surface area contributed by atoms with Gasteiger partial charge >= 0.3 is 0 Å². The zero-order valence-corrected chi connectivity index (χ0v) is 14.8. The van der Waals surface area contributed by atoms with Gasteiger partial charge in [0.25, 0.3) is 5.91 Å². The lowest BCUT2D eigenvalue weighted by atomic mass is 10.1. The minimum absolute atomic E-state index is 0.209. The highest BCUT2D eigenvalue weighted by Gasteiger charge is 2.25. The molecule has 1 amide bonds. The number of hydrogen-bond donors (Lipinski definition) is 3. The molecule has 132 valence electrons. The molecule has 0 spiro atoms. The third-order valence-corrected chi connectivity index (χ3v) is 5.14. The fraction of sp³-hybridized carbons (Fsp3) is 0.632. The second kappa shape index (κ2) is 8.49. The van der Waals surface area contributed by atoms with E-state index in [0.717, 1.165) is 70.9 Å². The summed E-state index contributed by atoms with van der Waals surface area (Å²) in [6.45, 7) is 9.98. The molecule has 0 aliphatic carbocycles. The molecule has 0 aromatic heterocycles. The number of benzene rings is 1. The van der Waals surface area contributed by atoms with Crippen LogP contribution in [-0.2, 0) is 17.8 Å². The van der Waals surface area contributed by atoms with E-state index in [4.69, 9.17) is 4.74 Å². The molecule has 0 saturated carbocycles. The number of amides is 1. The SMILES string of the molecule is CCCCNC(=O)C[NH+]1CC[NH+](Cc2ccc3c(c2)CCO3)CC1. The normalized spacial score (nSPS) is 22.7. The zero-order chi connectivity index (χ0) is 16.8. The summed E-state index contributed by atoms with van der Waals surface area (Å²) in [5.41, 5.74) is 2.77. The molecule has 5 nitrogen and oxygen atoms in total. The van der Waals surface area contributed by atoms with Crippen molar-refractivity contribution in [1.82, 2.24) is 5.32 Å². The van der Waals surface area contributed by atoms with Crippen LogP contribution in [0.4, 0.5) is 0 Å². The van der Waals surface area contributed by atoms with E-state index in [2.05, 4.69) is 30.4 Å². The van der Waals surface area contributed by atoms with Crippen LogP contribution in [0, 0.1) is 0 Å². The van der Waals surface area contributed by atoms with Crippen molar-refractivity contribution in [3.05, 3.63) is 29.3 Å². The number of ether oxygens (including phenoxy) is 1. The van der Waals surface area contributed by atoms with Crippen LogP contribution >= 0.6 is 0 Å². The first-order valence-corrected chi connectivity index (χ1v) is 9.43. The summed E-state index contributed by atoms with van der Waals surface area (Å²) in [4.78, 5) is 15.0. The van der Waals surface area contributed by atoms with Crippen molar-refractivity contribution in [1.29, 1.82) is 0 Å². The monoisotopic (exact) mass is 333 g/mol. The number of quaternary nitrogens is 2. The van der Waals surface area contributed by atoms with Gasteiger partial charge in [0.05, 0.1) is 6.61 Å². The Kier molecular flexibility index (Phi) is 6.10. The van der Waals surface area contributed by atoms with E-state index in [1.165, 1.54) is 16.0 Å². The van der Waals surface area contributed by atoms with Crippen molar-refractivity contribution in [2.24, 2.45) is 0 Å². The van der Waals surface area contributed by atoms with Crippen molar-refractivity contribution in [3.8, 4) is 5.75 Å². The third-order valence-electron chi connectivity index (χ3n) is 5.14. The van der Waals surface area contributed by atoms with E-state index in [1.54, 1.807) is 4.90 Å². The number of carbonyl (C=O) groups excluding carboxylic acids is 1. The van der Waals surface area contributed by atoms with Crippen molar-refractivity contribution >= 4 is 5.91 Å². The highest BCUT2D eigenvalue weighted by Crippen LogP contribution is 2.25. The van der Waals surface area contributed by atoms with Crippen molar-refractivity contribution in [2.75, 3.05) is 45.9 Å². The number of piperazine rings is 1. The van der Waals surface area contributed by atoms with Crippen LogP contribution in [-0.4, -0.2) is 51.8 Å². The molecule has 0 unspecified atom stereocenters. The maximum atomic E-state index is 11.9. The molecule has 0 radical (unpaired) electrons. The molecule has 1 aromatic carbocycles. The topological polar surface area (TPSA) is 47.2 Å². The number of unbranched alkanes of at least 4 members (excludes halogenated alkanes) is 1. The second-order valence-corrected chi connectivity index (χ2v) is 7.10. The van der Waals surface area contributed by atoms with Crippen LogP contribution in [0.5, 0.6) is 5.75 Å². The molecule has 1 saturated heterocycles. The predicted octanol–water partition coefficient (Wildman–Crippen LogP) is -1.18. The average molecular weight is 333 g/mol. The molecular formula is C19H31N3O2+2. The molecule has 1 aromatic rings. The molecule has 24 heavy (non-hydrogen) atoms. The highest BCUT2D eigenvalue weighted by molar-refractivity contribution is 5.76. The van der Waals surface area contributed by atoms with Gasteiger partial charge in [-0.3, -0.25) is 4.79 Å². The quantitative estimate of drug-likeness (QED) is 0.550. The summed E-state index contributed by atoms with van der Waals surface area (Å²) in [7, 11) is 0. The van der Waals surface area contributed by atoms with Gasteiger partial charge in [0.15, 0.2) is 6.54 Å². The lowest BCUT2D eigenvalue weighted by Crippen LogP contribution is -3.28. The summed E-state index contributed by atoms with van der Waals surface area (Å²) < 4.78 is 5.58. The number of nitrogens with one attached hydrogen (secondary N) is 3. The van der Waals surface area contributed by atoms with Gasteiger partial charge in [-0.05, 0) is 30.2 Å². The van der Waals surface area contributed by atoms with Crippen LogP contribution in [0.3, 0.4) is 0 Å². The standard InChI is InChI=1S/C19H29N3O2/c1-2-3-7-20-19(23)15-22-10-8-21(9-11-22)14-16-4-5-18-17(13-16)6-12-24-18/h4-5,13H,2-3,6-12,14-15H2,1H3,(H,20,23)/p+2. The Morgan fingerprint density at radius 2 is 2.00 bits per heavy atom. The van der Waals surface area contributed by atoms with Crippen LogP contribution in [0.25, 0.3) is 0 Å². The Balaban J connectivity index is 1.40. The Hall–Kier alpha value is -1.59. The summed E-state index contributed by atoms with van der Waals surface area (Å²) in [5, 5.41) is 3.03. The van der Waals surface area contributed by atoms with Gasteiger partial charge in [0.1, 0.15) is 38.5 Å². The number of carbonyl (C=O) groups is 1. The number of hydrogen-bond acceptors (Lipinski definition) is 2. The molecule has 2 aliphatic heterocycles. The molecule has 2 aliphatic rings.